The molecule has 2 N–H and O–H groups in total. The van der Waals surface area contributed by atoms with Crippen molar-refractivity contribution in [1.82, 2.24) is 9.44 Å². The van der Waals surface area contributed by atoms with Crippen LogP contribution in [0, 0.1) is 0 Å². The summed E-state index contributed by atoms with van der Waals surface area (Å²) in [6.07, 6.45) is 2.39. The van der Waals surface area contributed by atoms with Crippen molar-refractivity contribution < 1.29 is 40.7 Å². The minimum absolute atomic E-state index is 0.212. The lowest BCUT2D eigenvalue weighted by molar-refractivity contribution is -0.144. The van der Waals surface area contributed by atoms with E-state index in [0.717, 1.165) is 23.6 Å². The summed E-state index contributed by atoms with van der Waals surface area (Å²) in [6.45, 7) is 2.00. The van der Waals surface area contributed by atoms with Gasteiger partial charge in [0.05, 0.1) is 12.5 Å². The fraction of sp³-hybridized carbons (Fsp3) is 0.348. The second-order valence-corrected chi connectivity index (χ2v) is 11.4. The molecule has 0 aromatic heterocycles. The van der Waals surface area contributed by atoms with E-state index in [2.05, 4.69) is 18.9 Å². The smallest absolute Gasteiger partial charge is 0.325 e. The van der Waals surface area contributed by atoms with Crippen LogP contribution >= 0.6 is 23.2 Å². The highest BCUT2D eigenvalue weighted by Crippen LogP contribution is 2.07. The van der Waals surface area contributed by atoms with Crippen molar-refractivity contribution in [2.24, 2.45) is 0 Å². The fourth-order valence-electron chi connectivity index (χ4n) is 2.87. The number of hydrogen-bond acceptors (Lipinski definition) is 9. The third kappa shape index (κ3) is 17.1. The Labute approximate surface area is 232 Å². The Morgan fingerprint density at radius 1 is 0.711 bits per heavy atom. The molecule has 0 radical (unpaired) electrons. The predicted molar refractivity (Wildman–Crippen MR) is 145 cm³/mol. The molecule has 0 unspecified atom stereocenters. The topological polar surface area (TPSA) is 162 Å². The van der Waals surface area contributed by atoms with Gasteiger partial charge in [0.25, 0.3) is 0 Å². The van der Waals surface area contributed by atoms with Crippen LogP contribution in [-0.2, 0) is 56.7 Å². The van der Waals surface area contributed by atoms with Crippen LogP contribution in [0.5, 0.6) is 0 Å². The molecule has 0 saturated carbocycles. The van der Waals surface area contributed by atoms with Gasteiger partial charge in [-0.15, -0.1) is 0 Å². The lowest BCUT2D eigenvalue weighted by Gasteiger charge is -2.15. The summed E-state index contributed by atoms with van der Waals surface area (Å²) < 4.78 is 58.5. The van der Waals surface area contributed by atoms with Crippen LogP contribution in [0.1, 0.15) is 11.1 Å². The Morgan fingerprint density at radius 3 is 1.24 bits per heavy atom. The number of alkyl halides is 2. The van der Waals surface area contributed by atoms with Gasteiger partial charge in [0.2, 0.25) is 20.0 Å². The van der Waals surface area contributed by atoms with E-state index in [1.165, 1.54) is 0 Å². The minimum atomic E-state index is -3.50. The summed E-state index contributed by atoms with van der Waals surface area (Å²) in [5.74, 6) is -1.39. The number of carbonyl (C=O) groups is 3. The summed E-state index contributed by atoms with van der Waals surface area (Å²) >= 11 is 10.6. The molecule has 212 valence electrons. The van der Waals surface area contributed by atoms with Crippen molar-refractivity contribution >= 4 is 62.0 Å². The van der Waals surface area contributed by atoms with Crippen molar-refractivity contribution in [3.63, 3.8) is 0 Å². The Hall–Kier alpha value is -2.55. The van der Waals surface area contributed by atoms with Gasteiger partial charge in [-0.05, 0) is 24.0 Å². The lowest BCUT2D eigenvalue weighted by Crippen LogP contribution is -2.42. The van der Waals surface area contributed by atoms with Gasteiger partial charge >= 0.3 is 11.9 Å². The Bertz CT molecular complexity index is 1090. The number of halogens is 2. The molecule has 2 aromatic rings. The molecule has 0 bridgehead atoms. The number of benzene rings is 2. The molecule has 15 heteroatoms. The number of ether oxygens (including phenoxy) is 2. The highest BCUT2D eigenvalue weighted by molar-refractivity contribution is 7.89. The van der Waals surface area contributed by atoms with Crippen molar-refractivity contribution in [2.75, 3.05) is 24.6 Å². The largest absolute Gasteiger partial charge is 0.448 e. The third-order valence-electron chi connectivity index (χ3n) is 4.24. The van der Waals surface area contributed by atoms with Crippen molar-refractivity contribution in [3.05, 3.63) is 71.8 Å². The molecule has 0 aliphatic carbocycles. The normalized spacial score (nSPS) is 12.4. The quantitative estimate of drug-likeness (QED) is 0.268. The molecule has 0 aliphatic rings. The predicted octanol–water partition coefficient (Wildman–Crippen LogP) is 1.59. The van der Waals surface area contributed by atoms with Gasteiger partial charge in [-0.3, -0.25) is 9.59 Å². The van der Waals surface area contributed by atoms with E-state index in [0.29, 0.717) is 0 Å². The monoisotopic (exact) mass is 612 g/mol. The molecule has 2 rings (SSSR count). The van der Waals surface area contributed by atoms with E-state index in [1.54, 1.807) is 48.5 Å². The van der Waals surface area contributed by atoms with Crippen LogP contribution in [0.2, 0.25) is 0 Å². The summed E-state index contributed by atoms with van der Waals surface area (Å²) in [4.78, 5) is 31.2. The van der Waals surface area contributed by atoms with Gasteiger partial charge in [0.15, 0.2) is 12.1 Å². The maximum atomic E-state index is 11.6. The SMILES string of the molecule is C=O.CS(=O)(=O)N[C@@H](Cc1ccccc1)C(=O)OCCl.CS(=O)(=O)N[C@@H](Cc1ccccc1)C(=O)OCCl. The van der Waals surface area contributed by atoms with Crippen LogP contribution < -0.4 is 9.44 Å². The van der Waals surface area contributed by atoms with Gasteiger partial charge in [-0.2, -0.15) is 0 Å². The maximum absolute atomic E-state index is 11.6. The number of sulfonamides is 2. The summed E-state index contributed by atoms with van der Waals surface area (Å²) in [5.41, 5.74) is 1.65. The average Bonchev–Trinajstić information content (AvgIpc) is 2.85. The van der Waals surface area contributed by atoms with Crippen molar-refractivity contribution in [2.45, 2.75) is 24.9 Å². The molecule has 11 nitrogen and oxygen atoms in total. The van der Waals surface area contributed by atoms with E-state index in [1.807, 2.05) is 18.9 Å². The molecule has 0 spiro atoms. The molecular weight excluding hydrogens is 583 g/mol. The summed E-state index contributed by atoms with van der Waals surface area (Å²) in [6, 6.07) is 15.5. The molecule has 0 saturated heterocycles. The van der Waals surface area contributed by atoms with E-state index >= 15 is 0 Å². The Balaban J connectivity index is 0.000000676. The zero-order valence-electron chi connectivity index (χ0n) is 20.7. The molecule has 2 atom stereocenters. The number of esters is 2. The van der Waals surface area contributed by atoms with E-state index < -0.39 is 44.1 Å². The molecule has 2 aromatic carbocycles. The first-order chi connectivity index (χ1) is 17.8. The van der Waals surface area contributed by atoms with Gasteiger partial charge < -0.3 is 14.3 Å². The van der Waals surface area contributed by atoms with Gasteiger partial charge in [-0.25, -0.2) is 26.3 Å². The third-order valence-corrected chi connectivity index (χ3v) is 5.88. The van der Waals surface area contributed by atoms with E-state index in [9.17, 15) is 26.4 Å². The molecule has 0 aliphatic heterocycles. The summed E-state index contributed by atoms with van der Waals surface area (Å²) in [5, 5.41) is 0. The standard InChI is InChI=1S/2C11H14ClNO4S.CH2O/c2*1-18(15,16)13-10(11(14)17-8-12)7-9-5-3-2-4-6-9;1-2/h2*2-6,10,13H,7-8H2,1H3;1H2/t2*10-;/m00./s1. The first kappa shape index (κ1) is 35.5. The Kier molecular flexibility index (Phi) is 17.4. The molecule has 0 heterocycles. The zero-order valence-corrected chi connectivity index (χ0v) is 23.9. The number of nitrogens with one attached hydrogen (secondary N) is 2. The van der Waals surface area contributed by atoms with Crippen LogP contribution in [0.3, 0.4) is 0 Å². The first-order valence-corrected chi connectivity index (χ1v) is 15.5. The van der Waals surface area contributed by atoms with Gasteiger partial charge in [0.1, 0.15) is 18.9 Å². The molecular formula is C23H30Cl2N2O9S2. The van der Waals surface area contributed by atoms with Crippen LogP contribution in [0.15, 0.2) is 60.7 Å². The van der Waals surface area contributed by atoms with Gasteiger partial charge in [-0.1, -0.05) is 83.9 Å². The average molecular weight is 614 g/mol. The van der Waals surface area contributed by atoms with Crippen molar-refractivity contribution in [3.8, 4) is 0 Å². The number of carbonyl (C=O) groups excluding carboxylic acids is 3. The summed E-state index contributed by atoms with van der Waals surface area (Å²) in [7, 11) is -7.00. The minimum Gasteiger partial charge on any atom is -0.448 e. The molecule has 0 fully saturated rings. The highest BCUT2D eigenvalue weighted by atomic mass is 35.5. The second kappa shape index (κ2) is 18.7. The zero-order chi connectivity index (χ0) is 29.2. The fourth-order valence-corrected chi connectivity index (χ4v) is 4.48. The van der Waals surface area contributed by atoms with E-state index in [-0.39, 0.29) is 25.0 Å². The number of hydrogen-bond donors (Lipinski definition) is 2. The molecule has 0 amide bonds. The van der Waals surface area contributed by atoms with Gasteiger partial charge in [0, 0.05) is 0 Å². The maximum Gasteiger partial charge on any atom is 0.325 e. The van der Waals surface area contributed by atoms with Crippen LogP contribution in [0.4, 0.5) is 0 Å². The first-order valence-electron chi connectivity index (χ1n) is 10.6. The lowest BCUT2D eigenvalue weighted by atomic mass is 10.1. The second-order valence-electron chi connectivity index (χ2n) is 7.41. The van der Waals surface area contributed by atoms with Crippen molar-refractivity contribution in [1.29, 1.82) is 0 Å². The molecule has 38 heavy (non-hydrogen) atoms. The highest BCUT2D eigenvalue weighted by Gasteiger charge is 2.24. The van der Waals surface area contributed by atoms with Crippen LogP contribution in [-0.4, -0.2) is 72.3 Å². The van der Waals surface area contributed by atoms with E-state index in [4.69, 9.17) is 28.0 Å². The number of rotatable bonds is 12. The van der Waals surface area contributed by atoms with Crippen LogP contribution in [0.25, 0.3) is 0 Å². The Morgan fingerprint density at radius 2 is 1.00 bits per heavy atom.